The molecule has 0 aliphatic carbocycles. The van der Waals surface area contributed by atoms with Gasteiger partial charge in [-0.05, 0) is 5.41 Å². The predicted octanol–water partition coefficient (Wildman–Crippen LogP) is 2.05. The molecule has 1 N–H and O–H groups in total. The molecule has 2 atom stereocenters. The molecule has 0 radical (unpaired) electrons. The lowest BCUT2D eigenvalue weighted by atomic mass is 9.81. The van der Waals surface area contributed by atoms with Crippen molar-refractivity contribution in [3.8, 4) is 0 Å². The summed E-state index contributed by atoms with van der Waals surface area (Å²) in [6.07, 6.45) is 0. The van der Waals surface area contributed by atoms with E-state index in [0.29, 0.717) is 11.3 Å². The zero-order chi connectivity index (χ0) is 11.0. The monoisotopic (exact) mass is 236 g/mol. The van der Waals surface area contributed by atoms with Gasteiger partial charge in [-0.2, -0.15) is 9.76 Å². The molecule has 0 amide bonds. The second kappa shape index (κ2) is 4.26. The molecule has 0 aromatic rings. The van der Waals surface area contributed by atoms with Crippen molar-refractivity contribution >= 4 is 19.2 Å². The maximum absolute atomic E-state index is 5.81. The highest BCUT2D eigenvalue weighted by Crippen LogP contribution is 2.58. The second-order valence-corrected chi connectivity index (χ2v) is 8.99. The fourth-order valence-electron chi connectivity index (χ4n) is 1.33. The molecule has 1 heterocycles. The van der Waals surface area contributed by atoms with Gasteiger partial charge in [-0.1, -0.05) is 20.8 Å². The van der Waals surface area contributed by atoms with Crippen molar-refractivity contribution in [1.29, 1.82) is 0 Å². The van der Waals surface area contributed by atoms with Gasteiger partial charge in [-0.3, -0.25) is 0 Å². The predicted molar refractivity (Wildman–Crippen MR) is 64.9 cm³/mol. The Morgan fingerprint density at radius 2 is 2.00 bits per heavy atom. The van der Waals surface area contributed by atoms with Crippen LogP contribution in [0, 0.1) is 11.3 Å². The summed E-state index contributed by atoms with van der Waals surface area (Å²) in [7, 11) is 3.95. The van der Waals surface area contributed by atoms with Gasteiger partial charge in [0.2, 0.25) is 0 Å². The van der Waals surface area contributed by atoms with Crippen LogP contribution in [-0.2, 0) is 16.8 Å². The Bertz CT molecular complexity index is 197. The molecule has 3 nitrogen and oxygen atoms in total. The summed E-state index contributed by atoms with van der Waals surface area (Å²) in [5.74, 6) is 0.554. The van der Waals surface area contributed by atoms with Crippen LogP contribution in [0.3, 0.4) is 0 Å². The van der Waals surface area contributed by atoms with E-state index < -0.39 is 6.99 Å². The molecule has 0 spiro atoms. The quantitative estimate of drug-likeness (QED) is 0.556. The average molecular weight is 236 g/mol. The summed E-state index contributed by atoms with van der Waals surface area (Å²) < 4.78 is 7.81. The Hall–Kier alpha value is 0.660. The zero-order valence-electron chi connectivity index (χ0n) is 9.70. The van der Waals surface area contributed by atoms with Crippen molar-refractivity contribution in [2.24, 2.45) is 11.3 Å². The maximum Gasteiger partial charge on any atom is 0.165 e. The normalized spacial score (nSPS) is 34.9. The van der Waals surface area contributed by atoms with Gasteiger partial charge < -0.3 is 12.2 Å². The van der Waals surface area contributed by atoms with E-state index in [9.17, 15) is 0 Å². The molecule has 1 unspecified atom stereocenters. The minimum atomic E-state index is -1.88. The van der Waals surface area contributed by atoms with E-state index in [4.69, 9.17) is 16.8 Å². The minimum absolute atomic E-state index is 0.292. The molecule has 1 aliphatic rings. The molecule has 14 heavy (non-hydrogen) atoms. The fourth-order valence-corrected chi connectivity index (χ4v) is 3.18. The number of hydrogen-bond acceptors (Lipinski definition) is 4. The fraction of sp³-hybridized carbons (Fsp3) is 1.00. The van der Waals surface area contributed by atoms with Gasteiger partial charge >= 0.3 is 0 Å². The van der Waals surface area contributed by atoms with Crippen molar-refractivity contribution in [1.82, 2.24) is 9.76 Å². The Morgan fingerprint density at radius 3 is 2.29 bits per heavy atom. The van der Waals surface area contributed by atoms with Crippen molar-refractivity contribution < 1.29 is 4.52 Å². The van der Waals surface area contributed by atoms with Crippen LogP contribution in [0.2, 0.25) is 0 Å². The highest BCUT2D eigenvalue weighted by Gasteiger charge is 2.39. The molecule has 1 aliphatic heterocycles. The van der Waals surface area contributed by atoms with Gasteiger partial charge in [0, 0.05) is 26.6 Å². The van der Waals surface area contributed by atoms with Crippen molar-refractivity contribution in [2.45, 2.75) is 20.8 Å². The molecule has 1 rings (SSSR count). The van der Waals surface area contributed by atoms with Crippen LogP contribution >= 0.6 is 6.99 Å². The summed E-state index contributed by atoms with van der Waals surface area (Å²) in [4.78, 5) is 0. The Morgan fingerprint density at radius 1 is 1.43 bits per heavy atom. The highest BCUT2D eigenvalue weighted by molar-refractivity contribution is 8.38. The van der Waals surface area contributed by atoms with E-state index in [2.05, 4.69) is 25.9 Å². The van der Waals surface area contributed by atoms with Crippen LogP contribution in [0.15, 0.2) is 0 Å². The lowest BCUT2D eigenvalue weighted by Crippen LogP contribution is -2.43. The largest absolute Gasteiger partial charge is 0.486 e. The van der Waals surface area contributed by atoms with Crippen LogP contribution in [0.5, 0.6) is 0 Å². The minimum Gasteiger partial charge on any atom is -0.486 e. The third kappa shape index (κ3) is 2.83. The average Bonchev–Trinajstić information content (AvgIpc) is 2.03. The molecular weight excluding hydrogens is 215 g/mol. The van der Waals surface area contributed by atoms with E-state index >= 15 is 0 Å². The van der Waals surface area contributed by atoms with E-state index in [-0.39, 0.29) is 0 Å². The maximum atomic E-state index is 5.81. The van der Waals surface area contributed by atoms with Crippen LogP contribution in [0.1, 0.15) is 20.8 Å². The number of nitrogens with zero attached hydrogens (tertiary/aromatic N) is 1. The molecule has 0 bridgehead atoms. The number of hydrogen-bond donors (Lipinski definition) is 1. The Labute approximate surface area is 93.3 Å². The summed E-state index contributed by atoms with van der Waals surface area (Å²) in [5.41, 5.74) is 0.292. The number of rotatable bonds is 1. The molecule has 5 heteroatoms. The van der Waals surface area contributed by atoms with Gasteiger partial charge in [-0.15, -0.1) is 0 Å². The second-order valence-electron chi connectivity index (χ2n) is 5.09. The molecule has 84 valence electrons. The van der Waals surface area contributed by atoms with Gasteiger partial charge in [0.25, 0.3) is 0 Å². The summed E-state index contributed by atoms with van der Waals surface area (Å²) in [5, 5.41) is 3.38. The first-order chi connectivity index (χ1) is 6.26. The van der Waals surface area contributed by atoms with Crippen LogP contribution in [0.25, 0.3) is 0 Å². The van der Waals surface area contributed by atoms with E-state index in [1.54, 1.807) is 0 Å². The molecule has 1 saturated heterocycles. The van der Waals surface area contributed by atoms with Crippen LogP contribution < -0.4 is 5.09 Å². The summed E-state index contributed by atoms with van der Waals surface area (Å²) in [6.45, 7) is 6.61. The Balaban J connectivity index is 2.54. The molecule has 0 aromatic carbocycles. The molecule has 0 aromatic heterocycles. The molecule has 1 fully saturated rings. The van der Waals surface area contributed by atoms with E-state index in [1.807, 2.05) is 18.8 Å². The topological polar surface area (TPSA) is 24.5 Å². The third-order valence-corrected chi connectivity index (χ3v) is 6.56. The first-order valence-corrected chi connectivity index (χ1v) is 7.60. The van der Waals surface area contributed by atoms with Crippen molar-refractivity contribution in [3.05, 3.63) is 0 Å². The van der Waals surface area contributed by atoms with Gasteiger partial charge in [0.15, 0.2) is 6.99 Å². The van der Waals surface area contributed by atoms with E-state index in [0.717, 1.165) is 13.2 Å². The Kier molecular flexibility index (Phi) is 3.88. The van der Waals surface area contributed by atoms with Gasteiger partial charge in [0.05, 0.1) is 6.61 Å². The lowest BCUT2D eigenvalue weighted by molar-refractivity contribution is 0.130. The lowest BCUT2D eigenvalue weighted by Gasteiger charge is -2.43. The SMILES string of the molecule is CN(C)[P+]1([S-])NC[C@@H](C(C)(C)C)CO1. The third-order valence-electron chi connectivity index (χ3n) is 2.74. The van der Waals surface area contributed by atoms with Crippen molar-refractivity contribution in [2.75, 3.05) is 27.2 Å². The van der Waals surface area contributed by atoms with Gasteiger partial charge in [-0.25, -0.2) is 4.52 Å². The van der Waals surface area contributed by atoms with E-state index in [1.165, 1.54) is 0 Å². The first-order valence-electron chi connectivity index (χ1n) is 4.93. The van der Waals surface area contributed by atoms with Crippen LogP contribution in [0.4, 0.5) is 0 Å². The smallest absolute Gasteiger partial charge is 0.165 e. The standard InChI is InChI=1S/C9H21N2OPS/c1-9(2,3)8-6-10-13(14,11(4)5)12-7-8/h8H,6-7H2,1-5H3,(H,10,14)/t8-,13?/m1/s1. The van der Waals surface area contributed by atoms with Crippen LogP contribution in [-0.4, -0.2) is 31.9 Å². The summed E-state index contributed by atoms with van der Waals surface area (Å²) in [6, 6.07) is 0. The molecular formula is C9H21N2OPS. The zero-order valence-corrected chi connectivity index (χ0v) is 11.4. The highest BCUT2D eigenvalue weighted by atomic mass is 32.7. The van der Waals surface area contributed by atoms with Crippen molar-refractivity contribution in [3.63, 3.8) is 0 Å². The first kappa shape index (κ1) is 12.7. The number of nitrogens with one attached hydrogen (secondary N) is 1. The molecule has 0 saturated carbocycles. The summed E-state index contributed by atoms with van der Waals surface area (Å²) >= 11 is 5.46. The van der Waals surface area contributed by atoms with Gasteiger partial charge in [0.1, 0.15) is 0 Å².